The van der Waals surface area contributed by atoms with E-state index in [2.05, 4.69) is 6.92 Å². The fourth-order valence-corrected chi connectivity index (χ4v) is 4.45. The van der Waals surface area contributed by atoms with Crippen molar-refractivity contribution < 1.29 is 13.2 Å². The fraction of sp³-hybridized carbons (Fsp3) is 0.350. The molecule has 0 radical (unpaired) electrons. The molecule has 1 unspecified atom stereocenters. The topological polar surface area (TPSA) is 83.7 Å². The molecular weight excluding hydrogens is 362 g/mol. The molecule has 1 atom stereocenters. The number of anilines is 1. The van der Waals surface area contributed by atoms with Gasteiger partial charge in [-0.2, -0.15) is 0 Å². The third-order valence-electron chi connectivity index (χ3n) is 5.22. The van der Waals surface area contributed by atoms with Gasteiger partial charge in [-0.25, -0.2) is 8.42 Å². The Morgan fingerprint density at radius 3 is 2.33 bits per heavy atom. The Morgan fingerprint density at radius 1 is 1.15 bits per heavy atom. The van der Waals surface area contributed by atoms with Crippen molar-refractivity contribution in [3.63, 3.8) is 0 Å². The summed E-state index contributed by atoms with van der Waals surface area (Å²) in [5, 5.41) is 0. The Morgan fingerprint density at radius 2 is 1.78 bits per heavy atom. The summed E-state index contributed by atoms with van der Waals surface area (Å²) in [7, 11) is -2.17. The van der Waals surface area contributed by atoms with Gasteiger partial charge in [0, 0.05) is 25.7 Å². The number of likely N-dealkylation sites (tertiary alicyclic amines) is 1. The first-order chi connectivity index (χ1) is 12.8. The molecule has 27 heavy (non-hydrogen) atoms. The summed E-state index contributed by atoms with van der Waals surface area (Å²) >= 11 is 0. The van der Waals surface area contributed by atoms with Crippen LogP contribution in [0.25, 0.3) is 0 Å². The SMILES string of the molecule is CN(c1ccccc1)S(=O)(=O)c1ccc(C(=O)N2CCC(C)(CN)C2)cc1. The van der Waals surface area contributed by atoms with E-state index in [0.717, 1.165) is 6.42 Å². The lowest BCUT2D eigenvalue weighted by molar-refractivity contribution is 0.0777. The lowest BCUT2D eigenvalue weighted by Crippen LogP contribution is -2.34. The molecule has 0 aliphatic carbocycles. The van der Waals surface area contributed by atoms with Crippen LogP contribution in [0.15, 0.2) is 59.5 Å². The number of nitrogens with zero attached hydrogens (tertiary/aromatic N) is 2. The molecule has 2 N–H and O–H groups in total. The number of carbonyl (C=O) groups excluding carboxylic acids is 1. The predicted molar refractivity (Wildman–Crippen MR) is 106 cm³/mol. The second kappa shape index (κ2) is 7.32. The number of para-hydroxylation sites is 1. The number of benzene rings is 2. The second-order valence-electron chi connectivity index (χ2n) is 7.32. The van der Waals surface area contributed by atoms with E-state index < -0.39 is 10.0 Å². The van der Waals surface area contributed by atoms with Gasteiger partial charge in [0.25, 0.3) is 15.9 Å². The van der Waals surface area contributed by atoms with Gasteiger partial charge in [-0.1, -0.05) is 25.1 Å². The van der Waals surface area contributed by atoms with Crippen molar-refractivity contribution in [3.8, 4) is 0 Å². The molecule has 1 heterocycles. The molecule has 0 spiro atoms. The van der Waals surface area contributed by atoms with Crippen molar-refractivity contribution in [2.24, 2.45) is 11.1 Å². The molecule has 1 aliphatic rings. The van der Waals surface area contributed by atoms with Gasteiger partial charge in [0.2, 0.25) is 0 Å². The fourth-order valence-electron chi connectivity index (χ4n) is 3.25. The van der Waals surface area contributed by atoms with E-state index in [0.29, 0.717) is 30.9 Å². The maximum Gasteiger partial charge on any atom is 0.264 e. The average Bonchev–Trinajstić information content (AvgIpc) is 3.10. The third-order valence-corrected chi connectivity index (χ3v) is 7.02. The van der Waals surface area contributed by atoms with Crippen LogP contribution in [-0.2, 0) is 10.0 Å². The van der Waals surface area contributed by atoms with Crippen LogP contribution >= 0.6 is 0 Å². The summed E-state index contributed by atoms with van der Waals surface area (Å²) in [6.07, 6.45) is 0.879. The molecule has 3 rings (SSSR count). The van der Waals surface area contributed by atoms with E-state index in [-0.39, 0.29) is 16.2 Å². The molecular formula is C20H25N3O3S. The van der Waals surface area contributed by atoms with Gasteiger partial charge >= 0.3 is 0 Å². The molecule has 1 amide bonds. The average molecular weight is 388 g/mol. The first kappa shape index (κ1) is 19.4. The minimum Gasteiger partial charge on any atom is -0.338 e. The van der Waals surface area contributed by atoms with Crippen molar-refractivity contribution in [2.45, 2.75) is 18.2 Å². The highest BCUT2D eigenvalue weighted by Gasteiger charge is 2.35. The highest BCUT2D eigenvalue weighted by Crippen LogP contribution is 2.30. The first-order valence-electron chi connectivity index (χ1n) is 8.90. The van der Waals surface area contributed by atoms with Crippen molar-refractivity contribution in [1.82, 2.24) is 4.90 Å². The molecule has 7 heteroatoms. The van der Waals surface area contributed by atoms with Gasteiger partial charge in [-0.05, 0) is 54.8 Å². The highest BCUT2D eigenvalue weighted by atomic mass is 32.2. The molecule has 0 saturated carbocycles. The largest absolute Gasteiger partial charge is 0.338 e. The number of amides is 1. The Hall–Kier alpha value is -2.38. The minimum absolute atomic E-state index is 0.0443. The van der Waals surface area contributed by atoms with Crippen LogP contribution in [-0.4, -0.2) is 45.9 Å². The summed E-state index contributed by atoms with van der Waals surface area (Å²) in [6.45, 7) is 3.91. The summed E-state index contributed by atoms with van der Waals surface area (Å²) in [5.74, 6) is -0.0902. The summed E-state index contributed by atoms with van der Waals surface area (Å²) in [4.78, 5) is 14.6. The van der Waals surface area contributed by atoms with Crippen molar-refractivity contribution in [3.05, 3.63) is 60.2 Å². The van der Waals surface area contributed by atoms with E-state index in [1.165, 1.54) is 23.5 Å². The van der Waals surface area contributed by atoms with Crippen LogP contribution < -0.4 is 10.0 Å². The normalized spacial score (nSPS) is 19.9. The predicted octanol–water partition coefficient (Wildman–Crippen LogP) is 2.32. The van der Waals surface area contributed by atoms with Crippen LogP contribution in [0.5, 0.6) is 0 Å². The Kier molecular flexibility index (Phi) is 5.26. The Bertz CT molecular complexity index is 913. The van der Waals surface area contributed by atoms with Gasteiger partial charge in [0.15, 0.2) is 0 Å². The molecule has 2 aromatic rings. The number of carbonyl (C=O) groups is 1. The first-order valence-corrected chi connectivity index (χ1v) is 10.3. The molecule has 6 nitrogen and oxygen atoms in total. The van der Waals surface area contributed by atoms with E-state index >= 15 is 0 Å². The zero-order valence-corrected chi connectivity index (χ0v) is 16.4. The number of rotatable bonds is 5. The number of hydrogen-bond acceptors (Lipinski definition) is 4. The van der Waals surface area contributed by atoms with E-state index in [4.69, 9.17) is 5.73 Å². The second-order valence-corrected chi connectivity index (χ2v) is 9.29. The van der Waals surface area contributed by atoms with Crippen molar-refractivity contribution in [2.75, 3.05) is 31.0 Å². The quantitative estimate of drug-likeness (QED) is 0.853. The van der Waals surface area contributed by atoms with Gasteiger partial charge < -0.3 is 10.6 Å². The highest BCUT2D eigenvalue weighted by molar-refractivity contribution is 7.92. The third kappa shape index (κ3) is 3.84. The van der Waals surface area contributed by atoms with Crippen LogP contribution in [0.2, 0.25) is 0 Å². The van der Waals surface area contributed by atoms with Crippen LogP contribution in [0.1, 0.15) is 23.7 Å². The number of nitrogens with two attached hydrogens (primary N) is 1. The van der Waals surface area contributed by atoms with Gasteiger partial charge in [0.05, 0.1) is 10.6 Å². The van der Waals surface area contributed by atoms with Crippen LogP contribution in [0.3, 0.4) is 0 Å². The summed E-state index contributed by atoms with van der Waals surface area (Å²) < 4.78 is 26.9. The molecule has 0 bridgehead atoms. The van der Waals surface area contributed by atoms with Crippen molar-refractivity contribution >= 4 is 21.6 Å². The summed E-state index contributed by atoms with van der Waals surface area (Å²) in [5.41, 5.74) is 6.82. The maximum absolute atomic E-state index is 12.8. The molecule has 1 fully saturated rings. The smallest absolute Gasteiger partial charge is 0.264 e. The zero-order valence-electron chi connectivity index (χ0n) is 15.6. The van der Waals surface area contributed by atoms with E-state index in [1.807, 2.05) is 6.07 Å². The Balaban J connectivity index is 1.78. The number of sulfonamides is 1. The van der Waals surface area contributed by atoms with Crippen molar-refractivity contribution in [1.29, 1.82) is 0 Å². The molecule has 0 aromatic heterocycles. The molecule has 144 valence electrons. The van der Waals surface area contributed by atoms with E-state index in [9.17, 15) is 13.2 Å². The lowest BCUT2D eigenvalue weighted by atomic mass is 9.90. The van der Waals surface area contributed by atoms with Gasteiger partial charge in [-0.3, -0.25) is 9.10 Å². The van der Waals surface area contributed by atoms with Crippen LogP contribution in [0.4, 0.5) is 5.69 Å². The monoisotopic (exact) mass is 387 g/mol. The minimum atomic E-state index is -3.68. The summed E-state index contributed by atoms with van der Waals surface area (Å²) in [6, 6.07) is 15.0. The maximum atomic E-state index is 12.8. The zero-order chi connectivity index (χ0) is 19.7. The lowest BCUT2D eigenvalue weighted by Gasteiger charge is -2.23. The van der Waals surface area contributed by atoms with Gasteiger partial charge in [-0.15, -0.1) is 0 Å². The molecule has 1 aliphatic heterocycles. The Labute approximate surface area is 160 Å². The number of hydrogen-bond donors (Lipinski definition) is 1. The standard InChI is InChI=1S/C20H25N3O3S/c1-20(14-21)12-13-23(15-20)19(24)16-8-10-18(11-9-16)27(25,26)22(2)17-6-4-3-5-7-17/h3-11H,12-15,21H2,1-2H3. The van der Waals surface area contributed by atoms with E-state index in [1.54, 1.807) is 41.3 Å². The van der Waals surface area contributed by atoms with Crippen LogP contribution in [0, 0.1) is 5.41 Å². The molecule has 1 saturated heterocycles. The molecule has 2 aromatic carbocycles. The van der Waals surface area contributed by atoms with Gasteiger partial charge in [0.1, 0.15) is 0 Å².